The molecule has 1 aromatic carbocycles. The first-order valence-corrected chi connectivity index (χ1v) is 8.85. The highest BCUT2D eigenvalue weighted by molar-refractivity contribution is 6.32. The third-order valence-corrected chi connectivity index (χ3v) is 4.37. The van der Waals surface area contributed by atoms with Crippen LogP contribution in [0.5, 0.6) is 0 Å². The Morgan fingerprint density at radius 1 is 1.24 bits per heavy atom. The van der Waals surface area contributed by atoms with Gasteiger partial charge in [0.25, 0.3) is 0 Å². The van der Waals surface area contributed by atoms with Crippen LogP contribution in [0.4, 0.5) is 0 Å². The maximum atomic E-state index is 12.8. The Balaban J connectivity index is 2.17. The van der Waals surface area contributed by atoms with Gasteiger partial charge < -0.3 is 4.74 Å². The molecule has 5 heteroatoms. The first kappa shape index (κ1) is 19.4. The summed E-state index contributed by atoms with van der Waals surface area (Å²) in [5.41, 5.74) is 1.77. The van der Waals surface area contributed by atoms with Crippen molar-refractivity contribution in [1.82, 2.24) is 4.98 Å². The molecule has 0 saturated heterocycles. The van der Waals surface area contributed by atoms with Crippen LogP contribution in [-0.4, -0.2) is 23.3 Å². The molecule has 0 aliphatic carbocycles. The highest BCUT2D eigenvalue weighted by atomic mass is 35.5. The first-order chi connectivity index (χ1) is 11.7. The third kappa shape index (κ3) is 5.27. The number of aryl methyl sites for hydroxylation is 1. The van der Waals surface area contributed by atoms with Gasteiger partial charge in [-0.2, -0.15) is 0 Å². The number of rotatable bonds is 7. The van der Waals surface area contributed by atoms with Crippen LogP contribution in [0, 0.1) is 12.3 Å². The molecule has 0 radical (unpaired) electrons. The molecule has 0 aliphatic heterocycles. The van der Waals surface area contributed by atoms with Crippen molar-refractivity contribution >= 4 is 34.3 Å². The number of halogens is 1. The maximum Gasteiger partial charge on any atom is 0.306 e. The molecule has 0 fully saturated rings. The molecule has 1 aromatic heterocycles. The maximum absolute atomic E-state index is 12.8. The van der Waals surface area contributed by atoms with E-state index in [2.05, 4.69) is 4.98 Å². The van der Waals surface area contributed by atoms with Crippen molar-refractivity contribution < 1.29 is 14.3 Å². The van der Waals surface area contributed by atoms with E-state index in [4.69, 9.17) is 16.3 Å². The summed E-state index contributed by atoms with van der Waals surface area (Å²) >= 11 is 6.16. The van der Waals surface area contributed by atoms with Gasteiger partial charge in [-0.15, -0.1) is 0 Å². The van der Waals surface area contributed by atoms with Gasteiger partial charge in [-0.25, -0.2) is 0 Å². The molecule has 0 saturated carbocycles. The Kier molecular flexibility index (Phi) is 6.17. The second kappa shape index (κ2) is 7.96. The number of aromatic nitrogens is 1. The molecule has 2 aromatic rings. The van der Waals surface area contributed by atoms with Crippen molar-refractivity contribution in [3.8, 4) is 0 Å². The zero-order valence-corrected chi connectivity index (χ0v) is 15.9. The van der Waals surface area contributed by atoms with Gasteiger partial charge in [0.1, 0.15) is 0 Å². The SMILES string of the molecule is CCOC(=O)CC(C)(C)CCC(=O)c1cc(Cl)cc2ccc(C)nc12. The molecule has 0 amide bonds. The Morgan fingerprint density at radius 3 is 2.64 bits per heavy atom. The molecule has 134 valence electrons. The number of pyridine rings is 1. The summed E-state index contributed by atoms with van der Waals surface area (Å²) < 4.78 is 5.00. The highest BCUT2D eigenvalue weighted by Crippen LogP contribution is 2.30. The standard InChI is InChI=1S/C20H24ClNO3/c1-5-25-18(24)12-20(3,4)9-8-17(23)16-11-15(21)10-14-7-6-13(2)22-19(14)16/h6-7,10-11H,5,8-9,12H2,1-4H3. The average Bonchev–Trinajstić information content (AvgIpc) is 2.52. The van der Waals surface area contributed by atoms with Crippen LogP contribution in [0.15, 0.2) is 24.3 Å². The molecular formula is C20H24ClNO3. The van der Waals surface area contributed by atoms with E-state index in [0.29, 0.717) is 42.0 Å². The lowest BCUT2D eigenvalue weighted by Crippen LogP contribution is -2.20. The van der Waals surface area contributed by atoms with Gasteiger partial charge in [0.2, 0.25) is 0 Å². The van der Waals surface area contributed by atoms with Crippen molar-refractivity contribution in [3.05, 3.63) is 40.5 Å². The monoisotopic (exact) mass is 361 g/mol. The third-order valence-electron chi connectivity index (χ3n) is 4.15. The van der Waals surface area contributed by atoms with E-state index in [1.807, 2.05) is 39.0 Å². The minimum Gasteiger partial charge on any atom is -0.466 e. The second-order valence-electron chi connectivity index (χ2n) is 7.05. The lowest BCUT2D eigenvalue weighted by molar-refractivity contribution is -0.145. The Bertz CT molecular complexity index is 799. The van der Waals surface area contributed by atoms with Crippen LogP contribution in [0.25, 0.3) is 10.9 Å². The summed E-state index contributed by atoms with van der Waals surface area (Å²) in [5.74, 6) is -0.243. The summed E-state index contributed by atoms with van der Waals surface area (Å²) in [6.45, 7) is 7.98. The second-order valence-corrected chi connectivity index (χ2v) is 7.48. The molecule has 0 bridgehead atoms. The number of fused-ring (bicyclic) bond motifs is 1. The predicted octanol–water partition coefficient (Wildman–Crippen LogP) is 5.14. The number of nitrogens with zero attached hydrogens (tertiary/aromatic N) is 1. The van der Waals surface area contributed by atoms with Crippen LogP contribution < -0.4 is 0 Å². The van der Waals surface area contributed by atoms with Gasteiger partial charge in [0.15, 0.2) is 5.78 Å². The number of ketones is 1. The van der Waals surface area contributed by atoms with Gasteiger partial charge in [-0.05, 0) is 43.9 Å². The Labute approximate surface area is 153 Å². The number of hydrogen-bond donors (Lipinski definition) is 0. The zero-order valence-electron chi connectivity index (χ0n) is 15.2. The van der Waals surface area contributed by atoms with E-state index in [9.17, 15) is 9.59 Å². The molecule has 0 spiro atoms. The summed E-state index contributed by atoms with van der Waals surface area (Å²) in [7, 11) is 0. The zero-order chi connectivity index (χ0) is 18.6. The molecule has 0 unspecified atom stereocenters. The Hall–Kier alpha value is -1.94. The van der Waals surface area contributed by atoms with Gasteiger partial charge in [-0.1, -0.05) is 31.5 Å². The topological polar surface area (TPSA) is 56.3 Å². The summed E-state index contributed by atoms with van der Waals surface area (Å²) in [5, 5.41) is 1.37. The van der Waals surface area contributed by atoms with Crippen LogP contribution in [0.3, 0.4) is 0 Å². The molecule has 2 rings (SSSR count). The highest BCUT2D eigenvalue weighted by Gasteiger charge is 2.25. The van der Waals surface area contributed by atoms with Gasteiger partial charge in [-0.3, -0.25) is 14.6 Å². The molecule has 0 atom stereocenters. The Morgan fingerprint density at radius 2 is 1.96 bits per heavy atom. The van der Waals surface area contributed by atoms with Crippen LogP contribution in [-0.2, 0) is 9.53 Å². The van der Waals surface area contributed by atoms with E-state index < -0.39 is 0 Å². The molecule has 25 heavy (non-hydrogen) atoms. The summed E-state index contributed by atoms with van der Waals surface area (Å²) in [6, 6.07) is 7.31. The fourth-order valence-electron chi connectivity index (χ4n) is 2.79. The van der Waals surface area contributed by atoms with E-state index in [1.165, 1.54) is 0 Å². The lowest BCUT2D eigenvalue weighted by Gasteiger charge is -2.23. The number of benzene rings is 1. The van der Waals surface area contributed by atoms with E-state index >= 15 is 0 Å². The van der Waals surface area contributed by atoms with Crippen molar-refractivity contribution in [2.45, 2.75) is 47.0 Å². The predicted molar refractivity (Wildman–Crippen MR) is 100 cm³/mol. The smallest absolute Gasteiger partial charge is 0.306 e. The lowest BCUT2D eigenvalue weighted by atomic mass is 9.83. The quantitative estimate of drug-likeness (QED) is 0.506. The molecule has 1 heterocycles. The minimum atomic E-state index is -0.306. The first-order valence-electron chi connectivity index (χ1n) is 8.47. The van der Waals surface area contributed by atoms with Crippen molar-refractivity contribution in [1.29, 1.82) is 0 Å². The fourth-order valence-corrected chi connectivity index (χ4v) is 3.01. The largest absolute Gasteiger partial charge is 0.466 e. The fraction of sp³-hybridized carbons (Fsp3) is 0.450. The van der Waals surface area contributed by atoms with Crippen LogP contribution in [0.1, 0.15) is 56.1 Å². The summed E-state index contributed by atoms with van der Waals surface area (Å²) in [4.78, 5) is 29.0. The molecule has 0 N–H and O–H groups in total. The number of hydrogen-bond acceptors (Lipinski definition) is 4. The van der Waals surface area contributed by atoms with Gasteiger partial charge in [0, 0.05) is 28.1 Å². The van der Waals surface area contributed by atoms with Crippen molar-refractivity contribution in [3.63, 3.8) is 0 Å². The van der Waals surface area contributed by atoms with E-state index in [-0.39, 0.29) is 17.2 Å². The van der Waals surface area contributed by atoms with Crippen LogP contribution in [0.2, 0.25) is 5.02 Å². The number of carbonyl (C=O) groups excluding carboxylic acids is 2. The molecular weight excluding hydrogens is 338 g/mol. The van der Waals surface area contributed by atoms with E-state index in [0.717, 1.165) is 11.1 Å². The molecule has 0 aliphatic rings. The normalized spacial score (nSPS) is 11.6. The minimum absolute atomic E-state index is 0.0115. The van der Waals surface area contributed by atoms with Gasteiger partial charge in [0.05, 0.1) is 18.5 Å². The number of Topliss-reactive ketones (excluding diaryl/α,β-unsaturated/α-hetero) is 1. The average molecular weight is 362 g/mol. The van der Waals surface area contributed by atoms with Crippen molar-refractivity contribution in [2.75, 3.05) is 6.61 Å². The van der Waals surface area contributed by atoms with E-state index in [1.54, 1.807) is 13.0 Å². The molecule has 4 nitrogen and oxygen atoms in total. The number of ether oxygens (including phenoxy) is 1. The number of carbonyl (C=O) groups is 2. The van der Waals surface area contributed by atoms with Crippen molar-refractivity contribution in [2.24, 2.45) is 5.41 Å². The van der Waals surface area contributed by atoms with Crippen LogP contribution >= 0.6 is 11.6 Å². The number of esters is 1. The van der Waals surface area contributed by atoms with Gasteiger partial charge >= 0.3 is 5.97 Å². The summed E-state index contributed by atoms with van der Waals surface area (Å²) in [6.07, 6.45) is 1.21.